The van der Waals surface area contributed by atoms with Crippen LogP contribution >= 0.6 is 23.2 Å². The number of carbonyl (C=O) groups is 2. The van der Waals surface area contributed by atoms with Crippen LogP contribution in [0.1, 0.15) is 10.4 Å². The Morgan fingerprint density at radius 2 is 1.43 bits per heavy atom. The van der Waals surface area contributed by atoms with Gasteiger partial charge in [0, 0.05) is 16.8 Å². The van der Waals surface area contributed by atoms with E-state index in [4.69, 9.17) is 27.9 Å². The zero-order chi connectivity index (χ0) is 24.9. The van der Waals surface area contributed by atoms with E-state index in [9.17, 15) is 19.8 Å². The van der Waals surface area contributed by atoms with Crippen molar-refractivity contribution in [2.45, 2.75) is 0 Å². The van der Waals surface area contributed by atoms with Crippen molar-refractivity contribution in [3.05, 3.63) is 107 Å². The average molecular weight is 508 g/mol. The highest BCUT2D eigenvalue weighted by Gasteiger charge is 2.23. The van der Waals surface area contributed by atoms with Gasteiger partial charge in [-0.3, -0.25) is 14.5 Å². The van der Waals surface area contributed by atoms with Crippen LogP contribution in [0.5, 0.6) is 17.2 Å². The van der Waals surface area contributed by atoms with Gasteiger partial charge in [0.2, 0.25) is 0 Å². The first-order chi connectivity index (χ1) is 16.8. The molecule has 0 aromatic heterocycles. The van der Waals surface area contributed by atoms with Gasteiger partial charge in [-0.25, -0.2) is 0 Å². The number of halogens is 2. The molecule has 0 saturated carbocycles. The fraction of sp³-hybridized carbons (Fsp3) is 0.0370. The minimum atomic E-state index is -1.20. The van der Waals surface area contributed by atoms with E-state index >= 15 is 0 Å². The topological polar surface area (TPSA) is 87.1 Å². The van der Waals surface area contributed by atoms with Crippen LogP contribution in [0.25, 0.3) is 11.1 Å². The van der Waals surface area contributed by atoms with Crippen molar-refractivity contribution in [2.75, 3.05) is 11.4 Å². The molecule has 0 radical (unpaired) electrons. The first kappa shape index (κ1) is 24.1. The van der Waals surface area contributed by atoms with E-state index in [1.807, 2.05) is 30.3 Å². The summed E-state index contributed by atoms with van der Waals surface area (Å²) in [5.41, 5.74) is 1.89. The van der Waals surface area contributed by atoms with Gasteiger partial charge in [0.05, 0.1) is 10.0 Å². The molecule has 0 aliphatic carbocycles. The van der Waals surface area contributed by atoms with Crippen molar-refractivity contribution in [1.82, 2.24) is 0 Å². The lowest BCUT2D eigenvalue weighted by atomic mass is 10.0. The molecule has 0 aliphatic heterocycles. The number of ether oxygens (including phenoxy) is 1. The van der Waals surface area contributed by atoms with E-state index in [-0.39, 0.29) is 27.2 Å². The highest BCUT2D eigenvalue weighted by atomic mass is 35.5. The van der Waals surface area contributed by atoms with Crippen LogP contribution in [0, 0.1) is 0 Å². The highest BCUT2D eigenvalue weighted by molar-refractivity contribution is 6.37. The number of anilines is 1. The fourth-order valence-electron chi connectivity index (χ4n) is 3.50. The smallest absolute Gasteiger partial charge is 0.323 e. The summed E-state index contributed by atoms with van der Waals surface area (Å²) in [4.78, 5) is 25.5. The summed E-state index contributed by atoms with van der Waals surface area (Å²) >= 11 is 12.9. The molecule has 0 spiro atoms. The summed E-state index contributed by atoms with van der Waals surface area (Å²) in [5.74, 6) is -1.12. The average Bonchev–Trinajstić information content (AvgIpc) is 2.86. The van der Waals surface area contributed by atoms with Crippen molar-refractivity contribution in [3.63, 3.8) is 0 Å². The summed E-state index contributed by atoms with van der Waals surface area (Å²) in [7, 11) is 0. The molecule has 1 amide bonds. The molecule has 2 N–H and O–H groups in total. The molecule has 0 heterocycles. The number of amides is 1. The zero-order valence-electron chi connectivity index (χ0n) is 18.2. The number of benzene rings is 4. The lowest BCUT2D eigenvalue weighted by Crippen LogP contribution is -2.35. The SMILES string of the molecule is O=C(O)CN(C(=O)c1ccccc1)c1cc(Cl)c(Oc2ccc(O)c(-c3ccccc3)c2)c(Cl)c1. The number of carboxylic acid groups (broad SMARTS) is 1. The second kappa shape index (κ2) is 10.5. The third-order valence-electron chi connectivity index (χ3n) is 5.13. The third kappa shape index (κ3) is 5.57. The molecule has 176 valence electrons. The summed E-state index contributed by atoms with van der Waals surface area (Å²) in [6.07, 6.45) is 0. The van der Waals surface area contributed by atoms with Crippen LogP contribution in [-0.2, 0) is 4.79 Å². The molecule has 0 saturated heterocycles. The molecule has 6 nitrogen and oxygen atoms in total. The monoisotopic (exact) mass is 507 g/mol. The Balaban J connectivity index is 1.67. The Morgan fingerprint density at radius 3 is 2.03 bits per heavy atom. The van der Waals surface area contributed by atoms with Crippen LogP contribution in [0.3, 0.4) is 0 Å². The number of nitrogens with zero attached hydrogens (tertiary/aromatic N) is 1. The van der Waals surface area contributed by atoms with E-state index < -0.39 is 18.4 Å². The van der Waals surface area contributed by atoms with Crippen molar-refractivity contribution in [1.29, 1.82) is 0 Å². The molecule has 4 rings (SSSR count). The largest absolute Gasteiger partial charge is 0.507 e. The summed E-state index contributed by atoms with van der Waals surface area (Å²) in [5, 5.41) is 19.8. The van der Waals surface area contributed by atoms with Gasteiger partial charge in [0.25, 0.3) is 5.91 Å². The minimum absolute atomic E-state index is 0.0816. The first-order valence-corrected chi connectivity index (χ1v) is 11.2. The van der Waals surface area contributed by atoms with Gasteiger partial charge in [0.1, 0.15) is 18.0 Å². The van der Waals surface area contributed by atoms with Crippen LogP contribution < -0.4 is 9.64 Å². The Bertz CT molecular complexity index is 1350. The van der Waals surface area contributed by atoms with Gasteiger partial charge < -0.3 is 14.9 Å². The molecule has 4 aromatic carbocycles. The van der Waals surface area contributed by atoms with Gasteiger partial charge >= 0.3 is 5.97 Å². The van der Waals surface area contributed by atoms with Gasteiger partial charge in [-0.2, -0.15) is 0 Å². The molecule has 0 fully saturated rings. The number of aromatic hydroxyl groups is 1. The maximum atomic E-state index is 13.0. The van der Waals surface area contributed by atoms with Crippen LogP contribution in [-0.4, -0.2) is 28.6 Å². The molecule has 0 aliphatic rings. The van der Waals surface area contributed by atoms with Crippen molar-refractivity contribution in [2.24, 2.45) is 0 Å². The number of rotatable bonds is 7. The van der Waals surface area contributed by atoms with Crippen molar-refractivity contribution < 1.29 is 24.5 Å². The van der Waals surface area contributed by atoms with E-state index in [0.717, 1.165) is 10.5 Å². The lowest BCUT2D eigenvalue weighted by Gasteiger charge is -2.22. The molecule has 0 bridgehead atoms. The highest BCUT2D eigenvalue weighted by Crippen LogP contribution is 2.41. The maximum Gasteiger partial charge on any atom is 0.323 e. The Morgan fingerprint density at radius 1 is 0.829 bits per heavy atom. The molecule has 4 aromatic rings. The molecular formula is C27H19Cl2NO5. The first-order valence-electron chi connectivity index (χ1n) is 10.5. The predicted octanol–water partition coefficient (Wildman–Crippen LogP) is 6.89. The summed E-state index contributed by atoms with van der Waals surface area (Å²) < 4.78 is 5.92. The number of hydrogen-bond acceptors (Lipinski definition) is 4. The standard InChI is InChI=1S/C27H19Cl2NO5/c28-22-13-19(30(16-25(32)33)27(34)18-9-5-2-6-10-18)14-23(29)26(22)35-20-11-12-24(31)21(15-20)17-7-3-1-4-8-17/h1-15,31H,16H2,(H,32,33). The second-order valence-corrected chi connectivity index (χ2v) is 8.35. The van der Waals surface area contributed by atoms with E-state index in [2.05, 4.69) is 0 Å². The van der Waals surface area contributed by atoms with Crippen LogP contribution in [0.2, 0.25) is 10.0 Å². The number of carbonyl (C=O) groups excluding carboxylic acids is 1. The molecule has 0 unspecified atom stereocenters. The quantitative estimate of drug-likeness (QED) is 0.284. The lowest BCUT2D eigenvalue weighted by molar-refractivity contribution is -0.135. The maximum absolute atomic E-state index is 13.0. The van der Waals surface area contributed by atoms with Gasteiger partial charge in [-0.05, 0) is 48.0 Å². The van der Waals surface area contributed by atoms with Crippen molar-refractivity contribution >= 4 is 40.8 Å². The number of aliphatic carboxylic acids is 1. The Labute approximate surface area is 211 Å². The number of phenols is 1. The predicted molar refractivity (Wildman–Crippen MR) is 136 cm³/mol. The second-order valence-electron chi connectivity index (χ2n) is 7.54. The van der Waals surface area contributed by atoms with Gasteiger partial charge in [-0.15, -0.1) is 0 Å². The van der Waals surface area contributed by atoms with Crippen LogP contribution in [0.4, 0.5) is 5.69 Å². The Hall–Kier alpha value is -4.00. The minimum Gasteiger partial charge on any atom is -0.507 e. The zero-order valence-corrected chi connectivity index (χ0v) is 19.7. The number of phenolic OH excluding ortho intramolecular Hbond substituents is 1. The van der Waals surface area contributed by atoms with Crippen molar-refractivity contribution in [3.8, 4) is 28.4 Å². The number of carboxylic acids is 1. The fourth-order valence-corrected chi connectivity index (χ4v) is 4.05. The van der Waals surface area contributed by atoms with Gasteiger partial charge in [-0.1, -0.05) is 71.7 Å². The molecule has 8 heteroatoms. The van der Waals surface area contributed by atoms with Crippen LogP contribution in [0.15, 0.2) is 91.0 Å². The molecular weight excluding hydrogens is 489 g/mol. The summed E-state index contributed by atoms with van der Waals surface area (Å²) in [6.45, 7) is -0.584. The normalized spacial score (nSPS) is 10.6. The summed E-state index contributed by atoms with van der Waals surface area (Å²) in [6, 6.07) is 25.2. The van der Waals surface area contributed by atoms with E-state index in [1.165, 1.54) is 18.2 Å². The molecule has 0 atom stereocenters. The Kier molecular flexibility index (Phi) is 7.25. The van der Waals surface area contributed by atoms with E-state index in [1.54, 1.807) is 42.5 Å². The molecule has 35 heavy (non-hydrogen) atoms. The van der Waals surface area contributed by atoms with Gasteiger partial charge in [0.15, 0.2) is 5.75 Å². The van der Waals surface area contributed by atoms with E-state index in [0.29, 0.717) is 16.9 Å². The number of hydrogen-bond donors (Lipinski definition) is 2. The third-order valence-corrected chi connectivity index (χ3v) is 5.69.